The normalized spacial score (nSPS) is 12.3. The minimum absolute atomic E-state index is 0.210. The van der Waals surface area contributed by atoms with Gasteiger partial charge in [-0.25, -0.2) is 0 Å². The van der Waals surface area contributed by atoms with Crippen molar-refractivity contribution in [3.63, 3.8) is 0 Å². The van der Waals surface area contributed by atoms with E-state index in [2.05, 4.69) is 67.8 Å². The predicted molar refractivity (Wildman–Crippen MR) is 85.4 cm³/mol. The quantitative estimate of drug-likeness (QED) is 0.619. The van der Waals surface area contributed by atoms with Crippen LogP contribution in [0.5, 0.6) is 0 Å². The summed E-state index contributed by atoms with van der Waals surface area (Å²) in [4.78, 5) is 0. The number of hydrogen-bond acceptors (Lipinski definition) is 2. The highest BCUT2D eigenvalue weighted by Crippen LogP contribution is 2.19. The van der Waals surface area contributed by atoms with Crippen LogP contribution >= 0.6 is 0 Å². The third-order valence-electron chi connectivity index (χ3n) is 3.83. The van der Waals surface area contributed by atoms with Gasteiger partial charge in [0.05, 0.1) is 0 Å². The van der Waals surface area contributed by atoms with Crippen molar-refractivity contribution in [1.29, 1.82) is 0 Å². The van der Waals surface area contributed by atoms with Crippen LogP contribution < -0.4 is 11.3 Å². The van der Waals surface area contributed by atoms with E-state index in [0.29, 0.717) is 0 Å². The summed E-state index contributed by atoms with van der Waals surface area (Å²) in [5.74, 6) is 5.71. The lowest BCUT2D eigenvalue weighted by atomic mass is 9.98. The fourth-order valence-electron chi connectivity index (χ4n) is 2.40. The van der Waals surface area contributed by atoms with E-state index >= 15 is 0 Å². The van der Waals surface area contributed by atoms with Crippen LogP contribution in [0.25, 0.3) is 0 Å². The summed E-state index contributed by atoms with van der Waals surface area (Å²) in [5.41, 5.74) is 8.23. The molecule has 106 valence electrons. The molecule has 0 heterocycles. The molecule has 0 saturated carbocycles. The van der Waals surface area contributed by atoms with E-state index in [1.807, 2.05) is 0 Å². The van der Waals surface area contributed by atoms with Crippen molar-refractivity contribution in [1.82, 2.24) is 5.43 Å². The molecule has 0 amide bonds. The Kier molecular flexibility index (Phi) is 5.33. The number of hydrogen-bond donors (Lipinski definition) is 2. The molecule has 0 fully saturated rings. The molecule has 20 heavy (non-hydrogen) atoms. The van der Waals surface area contributed by atoms with Crippen molar-refractivity contribution in [3.8, 4) is 0 Å². The third-order valence-corrected chi connectivity index (χ3v) is 3.83. The molecule has 0 spiro atoms. The Morgan fingerprint density at radius 3 is 2.10 bits per heavy atom. The number of nitrogens with two attached hydrogens (primary N) is 1. The molecule has 2 rings (SSSR count). The van der Waals surface area contributed by atoms with Crippen molar-refractivity contribution in [2.45, 2.75) is 39.2 Å². The summed E-state index contributed by atoms with van der Waals surface area (Å²) in [6, 6.07) is 17.7. The first-order valence-electron chi connectivity index (χ1n) is 7.33. The molecule has 1 unspecified atom stereocenters. The predicted octanol–water partition coefficient (Wildman–Crippen LogP) is 3.69. The van der Waals surface area contributed by atoms with Gasteiger partial charge in [0.2, 0.25) is 0 Å². The SMILES string of the molecule is CCc1ccc(C(CCc2ccc(C)cc2)NN)cc1. The molecule has 0 aliphatic rings. The van der Waals surface area contributed by atoms with Crippen molar-refractivity contribution in [3.05, 3.63) is 70.8 Å². The minimum Gasteiger partial charge on any atom is -0.271 e. The zero-order valence-corrected chi connectivity index (χ0v) is 12.4. The van der Waals surface area contributed by atoms with Crippen molar-refractivity contribution >= 4 is 0 Å². The van der Waals surface area contributed by atoms with Crippen molar-refractivity contribution in [2.75, 3.05) is 0 Å². The molecule has 1 atom stereocenters. The number of aryl methyl sites for hydroxylation is 3. The van der Waals surface area contributed by atoms with Crippen LogP contribution in [0.3, 0.4) is 0 Å². The molecule has 2 aromatic carbocycles. The van der Waals surface area contributed by atoms with Gasteiger partial charge < -0.3 is 0 Å². The molecular formula is C18H24N2. The summed E-state index contributed by atoms with van der Waals surface area (Å²) in [6.07, 6.45) is 3.11. The second kappa shape index (κ2) is 7.22. The standard InChI is InChI=1S/C18H24N2/c1-3-15-8-11-17(12-9-15)18(20-19)13-10-16-6-4-14(2)5-7-16/h4-9,11-12,18,20H,3,10,13,19H2,1-2H3. The Morgan fingerprint density at radius 2 is 1.55 bits per heavy atom. The van der Waals surface area contributed by atoms with Gasteiger partial charge in [-0.3, -0.25) is 11.3 Å². The van der Waals surface area contributed by atoms with Crippen molar-refractivity contribution in [2.24, 2.45) is 5.84 Å². The van der Waals surface area contributed by atoms with E-state index in [1.54, 1.807) is 0 Å². The number of rotatable bonds is 6. The average Bonchev–Trinajstić information content (AvgIpc) is 2.50. The van der Waals surface area contributed by atoms with Gasteiger partial charge in [0, 0.05) is 6.04 Å². The average molecular weight is 268 g/mol. The topological polar surface area (TPSA) is 38.0 Å². The highest BCUT2D eigenvalue weighted by Gasteiger charge is 2.09. The Hall–Kier alpha value is -1.64. The molecule has 0 aromatic heterocycles. The lowest BCUT2D eigenvalue weighted by Crippen LogP contribution is -2.28. The highest BCUT2D eigenvalue weighted by molar-refractivity contribution is 5.26. The van der Waals surface area contributed by atoms with Gasteiger partial charge in [-0.2, -0.15) is 0 Å². The maximum atomic E-state index is 5.71. The number of hydrazine groups is 1. The van der Waals surface area contributed by atoms with Gasteiger partial charge in [0.1, 0.15) is 0 Å². The molecule has 2 aromatic rings. The van der Waals surface area contributed by atoms with Gasteiger partial charge >= 0.3 is 0 Å². The molecule has 2 nitrogen and oxygen atoms in total. The first-order valence-corrected chi connectivity index (χ1v) is 7.33. The first kappa shape index (κ1) is 14.8. The van der Waals surface area contributed by atoms with E-state index in [-0.39, 0.29) is 6.04 Å². The number of benzene rings is 2. The van der Waals surface area contributed by atoms with Crippen LogP contribution in [0.15, 0.2) is 48.5 Å². The Labute approximate surface area is 122 Å². The second-order valence-corrected chi connectivity index (χ2v) is 5.34. The van der Waals surface area contributed by atoms with Crippen LogP contribution in [0.4, 0.5) is 0 Å². The van der Waals surface area contributed by atoms with E-state index in [4.69, 9.17) is 5.84 Å². The summed E-state index contributed by atoms with van der Waals surface area (Å²) < 4.78 is 0. The van der Waals surface area contributed by atoms with Gasteiger partial charge in [-0.05, 0) is 42.9 Å². The van der Waals surface area contributed by atoms with Crippen LogP contribution in [-0.4, -0.2) is 0 Å². The Bertz CT molecular complexity index is 514. The molecule has 0 radical (unpaired) electrons. The zero-order chi connectivity index (χ0) is 14.4. The van der Waals surface area contributed by atoms with Gasteiger partial charge in [0.15, 0.2) is 0 Å². The van der Waals surface area contributed by atoms with E-state index in [9.17, 15) is 0 Å². The van der Waals surface area contributed by atoms with Crippen LogP contribution in [0.2, 0.25) is 0 Å². The largest absolute Gasteiger partial charge is 0.271 e. The highest BCUT2D eigenvalue weighted by atomic mass is 15.2. The summed E-state index contributed by atoms with van der Waals surface area (Å²) in [5, 5.41) is 0. The van der Waals surface area contributed by atoms with Gasteiger partial charge in [-0.1, -0.05) is 61.0 Å². The second-order valence-electron chi connectivity index (χ2n) is 5.34. The summed E-state index contributed by atoms with van der Waals surface area (Å²) in [6.45, 7) is 4.29. The third kappa shape index (κ3) is 3.92. The molecule has 2 heteroatoms. The zero-order valence-electron chi connectivity index (χ0n) is 12.4. The molecular weight excluding hydrogens is 244 g/mol. The lowest BCUT2D eigenvalue weighted by molar-refractivity contribution is 0.516. The van der Waals surface area contributed by atoms with E-state index < -0.39 is 0 Å². The molecule has 0 aliphatic heterocycles. The van der Waals surface area contributed by atoms with Gasteiger partial charge in [0.25, 0.3) is 0 Å². The maximum Gasteiger partial charge on any atom is 0.0463 e. The maximum absolute atomic E-state index is 5.71. The minimum atomic E-state index is 0.210. The fourth-order valence-corrected chi connectivity index (χ4v) is 2.40. The first-order chi connectivity index (χ1) is 9.72. The number of nitrogens with one attached hydrogen (secondary N) is 1. The van der Waals surface area contributed by atoms with E-state index in [0.717, 1.165) is 19.3 Å². The van der Waals surface area contributed by atoms with Crippen LogP contribution in [0.1, 0.15) is 41.6 Å². The smallest absolute Gasteiger partial charge is 0.0463 e. The van der Waals surface area contributed by atoms with E-state index in [1.165, 1.54) is 22.3 Å². The Morgan fingerprint density at radius 1 is 0.950 bits per heavy atom. The lowest BCUT2D eigenvalue weighted by Gasteiger charge is -2.17. The summed E-state index contributed by atoms with van der Waals surface area (Å²) >= 11 is 0. The summed E-state index contributed by atoms with van der Waals surface area (Å²) in [7, 11) is 0. The molecule has 0 saturated heterocycles. The van der Waals surface area contributed by atoms with Gasteiger partial charge in [-0.15, -0.1) is 0 Å². The molecule has 3 N–H and O–H groups in total. The van der Waals surface area contributed by atoms with Crippen LogP contribution in [-0.2, 0) is 12.8 Å². The molecule has 0 bridgehead atoms. The molecule has 0 aliphatic carbocycles. The fraction of sp³-hybridized carbons (Fsp3) is 0.333. The van der Waals surface area contributed by atoms with Crippen LogP contribution in [0, 0.1) is 6.92 Å². The Balaban J connectivity index is 1.99. The van der Waals surface area contributed by atoms with Crippen molar-refractivity contribution < 1.29 is 0 Å². The monoisotopic (exact) mass is 268 g/mol.